The zero-order valence-electron chi connectivity index (χ0n) is 17.0. The third-order valence-electron chi connectivity index (χ3n) is 5.92. The number of hydrogen-bond acceptors (Lipinski definition) is 2. The van der Waals surface area contributed by atoms with Crippen molar-refractivity contribution in [3.05, 3.63) is 60.2 Å². The number of carbonyl (C=O) groups excluding carboxylic acids is 1. The van der Waals surface area contributed by atoms with Crippen molar-refractivity contribution in [1.29, 1.82) is 0 Å². The van der Waals surface area contributed by atoms with Crippen LogP contribution in [-0.4, -0.2) is 17.5 Å². The minimum Gasteiger partial charge on any atom is -0.393 e. The second-order valence-electron chi connectivity index (χ2n) is 8.21. The van der Waals surface area contributed by atoms with E-state index in [2.05, 4.69) is 68.5 Å². The highest BCUT2D eigenvalue weighted by Gasteiger charge is 2.37. The van der Waals surface area contributed by atoms with Crippen molar-refractivity contribution in [2.45, 2.75) is 64.9 Å². The Labute approximate surface area is 165 Å². The van der Waals surface area contributed by atoms with Crippen LogP contribution >= 0.6 is 0 Å². The molecule has 1 saturated carbocycles. The lowest BCUT2D eigenvalue weighted by molar-refractivity contribution is -0.107. The summed E-state index contributed by atoms with van der Waals surface area (Å²) in [6, 6.07) is 10.7. The largest absolute Gasteiger partial charge is 0.393 e. The first kappa shape index (κ1) is 21.6. The fourth-order valence-electron chi connectivity index (χ4n) is 4.18. The van der Waals surface area contributed by atoms with Crippen LogP contribution in [-0.2, 0) is 11.2 Å². The fourth-order valence-corrected chi connectivity index (χ4v) is 4.18. The summed E-state index contributed by atoms with van der Waals surface area (Å²) >= 11 is 0. The standard InChI is InChI=1S/C25H36O2/c1-20(14-16-22-11-7-6-8-12-22)15-17-23-21(2)19-25(27)24(23)13-9-4-3-5-10-18-26/h4,6-9,11-12,15,17-18,20-21,23-25,27H,3,5,10,13-14,16,19H2,1-2H3/b9-4-,17-15?/t20-,21+,23-,24+,25-/m0/s1. The van der Waals surface area contributed by atoms with Crippen LogP contribution in [0.25, 0.3) is 0 Å². The molecule has 0 spiro atoms. The van der Waals surface area contributed by atoms with Crippen molar-refractivity contribution in [3.63, 3.8) is 0 Å². The maximum atomic E-state index is 10.5. The summed E-state index contributed by atoms with van der Waals surface area (Å²) < 4.78 is 0. The second-order valence-corrected chi connectivity index (χ2v) is 8.21. The summed E-state index contributed by atoms with van der Waals surface area (Å²) in [5.41, 5.74) is 1.40. The third-order valence-corrected chi connectivity index (χ3v) is 5.92. The van der Waals surface area contributed by atoms with Gasteiger partial charge in [-0.3, -0.25) is 0 Å². The van der Waals surface area contributed by atoms with Gasteiger partial charge in [0, 0.05) is 6.42 Å². The highest BCUT2D eigenvalue weighted by Crippen LogP contribution is 2.40. The van der Waals surface area contributed by atoms with E-state index in [1.807, 2.05) is 0 Å². The van der Waals surface area contributed by atoms with E-state index >= 15 is 0 Å². The number of carbonyl (C=O) groups is 1. The van der Waals surface area contributed by atoms with E-state index in [0.29, 0.717) is 30.1 Å². The Hall–Kier alpha value is -1.67. The van der Waals surface area contributed by atoms with E-state index in [-0.39, 0.29) is 6.10 Å². The first-order chi connectivity index (χ1) is 13.1. The van der Waals surface area contributed by atoms with Crippen LogP contribution in [0, 0.1) is 23.7 Å². The molecule has 0 bridgehead atoms. The molecule has 0 aliphatic heterocycles. The average molecular weight is 369 g/mol. The number of unbranched alkanes of at least 4 members (excludes halogenated alkanes) is 2. The number of hydrogen-bond donors (Lipinski definition) is 1. The van der Waals surface area contributed by atoms with Gasteiger partial charge in [0.25, 0.3) is 0 Å². The van der Waals surface area contributed by atoms with Crippen molar-refractivity contribution in [2.24, 2.45) is 23.7 Å². The first-order valence-corrected chi connectivity index (χ1v) is 10.6. The number of aliphatic hydroxyl groups excluding tert-OH is 1. The Morgan fingerprint density at radius 2 is 1.96 bits per heavy atom. The lowest BCUT2D eigenvalue weighted by atomic mass is 9.86. The molecule has 27 heavy (non-hydrogen) atoms. The van der Waals surface area contributed by atoms with Crippen molar-refractivity contribution >= 4 is 6.29 Å². The Balaban J connectivity index is 1.83. The van der Waals surface area contributed by atoms with E-state index < -0.39 is 0 Å². The molecule has 0 amide bonds. The Morgan fingerprint density at radius 1 is 1.19 bits per heavy atom. The maximum absolute atomic E-state index is 10.5. The smallest absolute Gasteiger partial charge is 0.120 e. The summed E-state index contributed by atoms with van der Waals surface area (Å²) in [5.74, 6) is 1.86. The van der Waals surface area contributed by atoms with E-state index in [1.54, 1.807) is 0 Å². The zero-order valence-corrected chi connectivity index (χ0v) is 17.0. The van der Waals surface area contributed by atoms with Crippen molar-refractivity contribution in [3.8, 4) is 0 Å². The lowest BCUT2D eigenvalue weighted by Crippen LogP contribution is -2.18. The number of allylic oxidation sites excluding steroid dienone is 4. The Kier molecular flexibility index (Phi) is 9.55. The Morgan fingerprint density at radius 3 is 2.70 bits per heavy atom. The summed E-state index contributed by atoms with van der Waals surface area (Å²) in [6.45, 7) is 4.55. The number of aldehydes is 1. The van der Waals surface area contributed by atoms with Crippen LogP contribution in [0.2, 0.25) is 0 Å². The van der Waals surface area contributed by atoms with E-state index in [1.165, 1.54) is 5.56 Å². The van der Waals surface area contributed by atoms with Crippen molar-refractivity contribution in [2.75, 3.05) is 0 Å². The SMILES string of the molecule is C[C@H](C=C[C@@H]1[C@@H](C/C=C\CCCC=O)[C@@H](O)C[C@H]1C)CCc1ccccc1. The molecule has 2 rings (SSSR count). The normalized spacial score (nSPS) is 26.8. The van der Waals surface area contributed by atoms with Gasteiger partial charge in [0.2, 0.25) is 0 Å². The monoisotopic (exact) mass is 368 g/mol. The molecule has 1 fully saturated rings. The van der Waals surface area contributed by atoms with Crippen LogP contribution in [0.15, 0.2) is 54.6 Å². The summed E-state index contributed by atoms with van der Waals surface area (Å²) in [5, 5.41) is 10.5. The van der Waals surface area contributed by atoms with Crippen molar-refractivity contribution < 1.29 is 9.90 Å². The highest BCUT2D eigenvalue weighted by molar-refractivity contribution is 5.49. The van der Waals surface area contributed by atoms with Gasteiger partial charge in [0.15, 0.2) is 0 Å². The molecule has 0 unspecified atom stereocenters. The van der Waals surface area contributed by atoms with Crippen LogP contribution in [0.1, 0.15) is 57.9 Å². The van der Waals surface area contributed by atoms with Crippen LogP contribution in [0.4, 0.5) is 0 Å². The molecule has 1 aliphatic rings. The second kappa shape index (κ2) is 11.9. The van der Waals surface area contributed by atoms with Crippen LogP contribution in [0.5, 0.6) is 0 Å². The molecule has 0 saturated heterocycles. The molecule has 1 aromatic carbocycles. The minimum absolute atomic E-state index is 0.200. The van der Waals surface area contributed by atoms with Gasteiger partial charge in [0.05, 0.1) is 6.10 Å². The molecular weight excluding hydrogens is 332 g/mol. The van der Waals surface area contributed by atoms with Crippen LogP contribution < -0.4 is 0 Å². The number of aliphatic hydroxyl groups is 1. The molecule has 1 N–H and O–H groups in total. The topological polar surface area (TPSA) is 37.3 Å². The molecule has 148 valence electrons. The predicted octanol–water partition coefficient (Wildman–Crippen LogP) is 5.76. The van der Waals surface area contributed by atoms with Gasteiger partial charge in [-0.2, -0.15) is 0 Å². The van der Waals surface area contributed by atoms with E-state index in [9.17, 15) is 9.90 Å². The third kappa shape index (κ3) is 7.46. The van der Waals surface area contributed by atoms with Gasteiger partial charge >= 0.3 is 0 Å². The van der Waals surface area contributed by atoms with Crippen LogP contribution in [0.3, 0.4) is 0 Å². The molecule has 0 aromatic heterocycles. The van der Waals surface area contributed by atoms with Gasteiger partial charge in [-0.05, 0) is 67.8 Å². The Bertz CT molecular complexity index is 590. The zero-order chi connectivity index (χ0) is 19.5. The lowest BCUT2D eigenvalue weighted by Gasteiger charge is -2.20. The number of aryl methyl sites for hydroxylation is 1. The number of benzene rings is 1. The minimum atomic E-state index is -0.200. The molecular formula is C25H36O2. The molecule has 2 nitrogen and oxygen atoms in total. The van der Waals surface area contributed by atoms with Gasteiger partial charge < -0.3 is 9.90 Å². The average Bonchev–Trinajstić information content (AvgIpc) is 2.94. The molecule has 2 heteroatoms. The maximum Gasteiger partial charge on any atom is 0.120 e. The predicted molar refractivity (Wildman–Crippen MR) is 114 cm³/mol. The van der Waals surface area contributed by atoms with E-state index in [0.717, 1.165) is 44.8 Å². The summed E-state index contributed by atoms with van der Waals surface area (Å²) in [4.78, 5) is 10.4. The quantitative estimate of drug-likeness (QED) is 0.306. The molecule has 5 atom stereocenters. The van der Waals surface area contributed by atoms with Crippen molar-refractivity contribution in [1.82, 2.24) is 0 Å². The summed E-state index contributed by atoms with van der Waals surface area (Å²) in [7, 11) is 0. The number of rotatable bonds is 11. The van der Waals surface area contributed by atoms with Gasteiger partial charge in [0.1, 0.15) is 6.29 Å². The molecule has 0 radical (unpaired) electrons. The van der Waals surface area contributed by atoms with Gasteiger partial charge in [-0.25, -0.2) is 0 Å². The molecule has 1 aliphatic carbocycles. The summed E-state index contributed by atoms with van der Waals surface area (Å²) in [6.07, 6.45) is 16.5. The first-order valence-electron chi connectivity index (χ1n) is 10.6. The fraction of sp³-hybridized carbons (Fsp3) is 0.560. The van der Waals surface area contributed by atoms with E-state index in [4.69, 9.17) is 0 Å². The highest BCUT2D eigenvalue weighted by atomic mass is 16.3. The van der Waals surface area contributed by atoms with Gasteiger partial charge in [-0.15, -0.1) is 0 Å². The molecule has 1 aromatic rings. The van der Waals surface area contributed by atoms with Gasteiger partial charge in [-0.1, -0.05) is 68.5 Å². The molecule has 0 heterocycles.